The number of sulfonamides is 1. The maximum absolute atomic E-state index is 12.7. The summed E-state index contributed by atoms with van der Waals surface area (Å²) in [5.41, 5.74) is 6.93. The molecule has 0 aliphatic carbocycles. The van der Waals surface area contributed by atoms with E-state index in [9.17, 15) is 8.42 Å². The topological polar surface area (TPSA) is 81.2 Å². The standard InChI is InChI=1S/C12H24N4O2S.ClH/c1-6-10-12(11(7-2)15(4)14-10)19(17,18)16(5)9(3)8-13;/h9H,6-8,13H2,1-5H3;1H. The van der Waals surface area contributed by atoms with E-state index < -0.39 is 10.0 Å². The molecule has 1 unspecified atom stereocenters. The fourth-order valence-corrected chi connectivity index (χ4v) is 3.95. The van der Waals surface area contributed by atoms with Crippen molar-refractivity contribution in [2.24, 2.45) is 12.8 Å². The van der Waals surface area contributed by atoms with E-state index in [0.29, 0.717) is 30.0 Å². The first-order chi connectivity index (χ1) is 8.81. The summed E-state index contributed by atoms with van der Waals surface area (Å²) in [6, 6.07) is -0.236. The van der Waals surface area contributed by atoms with Gasteiger partial charge in [-0.15, -0.1) is 12.4 Å². The normalized spacial score (nSPS) is 13.3. The van der Waals surface area contributed by atoms with Gasteiger partial charge in [-0.2, -0.15) is 9.40 Å². The Morgan fingerprint density at radius 2 is 1.90 bits per heavy atom. The second kappa shape index (κ2) is 7.40. The molecule has 8 heteroatoms. The number of nitrogens with two attached hydrogens (primary N) is 1. The maximum atomic E-state index is 12.7. The highest BCUT2D eigenvalue weighted by atomic mass is 35.5. The molecule has 118 valence electrons. The van der Waals surface area contributed by atoms with Crippen molar-refractivity contribution in [2.45, 2.75) is 44.6 Å². The summed E-state index contributed by atoms with van der Waals surface area (Å²) in [6.45, 7) is 5.93. The molecule has 0 saturated carbocycles. The van der Waals surface area contributed by atoms with Gasteiger partial charge in [0.2, 0.25) is 10.0 Å². The molecule has 1 rings (SSSR count). The third kappa shape index (κ3) is 3.33. The lowest BCUT2D eigenvalue weighted by Crippen LogP contribution is -2.40. The molecule has 1 atom stereocenters. The fraction of sp³-hybridized carbons (Fsp3) is 0.750. The number of nitrogens with zero attached hydrogens (tertiary/aromatic N) is 3. The molecule has 0 fully saturated rings. The Balaban J connectivity index is 0.00000361. The van der Waals surface area contributed by atoms with Crippen LogP contribution in [0.15, 0.2) is 4.90 Å². The van der Waals surface area contributed by atoms with Gasteiger partial charge in [0.05, 0.1) is 11.4 Å². The van der Waals surface area contributed by atoms with Crippen molar-refractivity contribution < 1.29 is 8.42 Å². The van der Waals surface area contributed by atoms with Crippen LogP contribution < -0.4 is 5.73 Å². The van der Waals surface area contributed by atoms with Crippen molar-refractivity contribution in [1.29, 1.82) is 0 Å². The summed E-state index contributed by atoms with van der Waals surface area (Å²) in [5.74, 6) is 0. The third-order valence-corrected chi connectivity index (χ3v) is 5.56. The van der Waals surface area contributed by atoms with Gasteiger partial charge in [-0.3, -0.25) is 4.68 Å². The molecular weight excluding hydrogens is 300 g/mol. The van der Waals surface area contributed by atoms with Crippen LogP contribution in [0.5, 0.6) is 0 Å². The van der Waals surface area contributed by atoms with Gasteiger partial charge in [0.15, 0.2) is 0 Å². The predicted octanol–water partition coefficient (Wildman–Crippen LogP) is 0.934. The Morgan fingerprint density at radius 1 is 1.35 bits per heavy atom. The molecule has 6 nitrogen and oxygen atoms in total. The van der Waals surface area contributed by atoms with Gasteiger partial charge in [-0.05, 0) is 19.8 Å². The van der Waals surface area contributed by atoms with Crippen LogP contribution in [0, 0.1) is 0 Å². The lowest BCUT2D eigenvalue weighted by molar-refractivity contribution is 0.393. The SMILES string of the molecule is CCc1nn(C)c(CC)c1S(=O)(=O)N(C)C(C)CN.Cl. The number of aryl methyl sites for hydroxylation is 2. The highest BCUT2D eigenvalue weighted by molar-refractivity contribution is 7.89. The largest absolute Gasteiger partial charge is 0.329 e. The van der Waals surface area contributed by atoms with Crippen molar-refractivity contribution in [1.82, 2.24) is 14.1 Å². The average Bonchev–Trinajstić information content (AvgIpc) is 2.73. The highest BCUT2D eigenvalue weighted by Crippen LogP contribution is 2.25. The van der Waals surface area contributed by atoms with Crippen LogP contribution in [0.25, 0.3) is 0 Å². The van der Waals surface area contributed by atoms with Crippen LogP contribution in [-0.4, -0.2) is 42.1 Å². The Bertz CT molecular complexity index is 542. The lowest BCUT2D eigenvalue weighted by Gasteiger charge is -2.23. The van der Waals surface area contributed by atoms with Gasteiger partial charge in [0.25, 0.3) is 0 Å². The molecule has 0 amide bonds. The van der Waals surface area contributed by atoms with E-state index in [4.69, 9.17) is 5.73 Å². The van der Waals surface area contributed by atoms with E-state index in [-0.39, 0.29) is 18.4 Å². The van der Waals surface area contributed by atoms with E-state index >= 15 is 0 Å². The molecule has 0 radical (unpaired) electrons. The first-order valence-electron chi connectivity index (χ1n) is 6.54. The number of aromatic nitrogens is 2. The molecule has 0 bridgehead atoms. The van der Waals surface area contributed by atoms with E-state index in [1.807, 2.05) is 13.8 Å². The second-order valence-corrected chi connectivity index (χ2v) is 6.59. The molecule has 2 N–H and O–H groups in total. The van der Waals surface area contributed by atoms with Gasteiger partial charge in [0, 0.05) is 26.7 Å². The minimum absolute atomic E-state index is 0. The smallest absolute Gasteiger partial charge is 0.246 e. The highest BCUT2D eigenvalue weighted by Gasteiger charge is 2.31. The summed E-state index contributed by atoms with van der Waals surface area (Å²) in [4.78, 5) is 0.350. The zero-order valence-electron chi connectivity index (χ0n) is 12.8. The molecule has 0 aromatic carbocycles. The third-order valence-electron chi connectivity index (χ3n) is 3.45. The molecule has 1 aromatic rings. The number of hydrogen-bond acceptors (Lipinski definition) is 4. The molecule has 0 spiro atoms. The van der Waals surface area contributed by atoms with Crippen LogP contribution in [0.2, 0.25) is 0 Å². The summed E-state index contributed by atoms with van der Waals surface area (Å²) < 4.78 is 28.4. The molecule has 0 saturated heterocycles. The zero-order valence-corrected chi connectivity index (χ0v) is 14.4. The number of rotatable bonds is 6. The van der Waals surface area contributed by atoms with Crippen molar-refractivity contribution in [3.05, 3.63) is 11.4 Å². The summed E-state index contributed by atoms with van der Waals surface area (Å²) in [6.07, 6.45) is 1.22. The predicted molar refractivity (Wildman–Crippen MR) is 82.7 cm³/mol. The Kier molecular flexibility index (Phi) is 7.17. The zero-order chi connectivity index (χ0) is 14.8. The maximum Gasteiger partial charge on any atom is 0.246 e. The number of hydrogen-bond donors (Lipinski definition) is 1. The minimum atomic E-state index is -3.54. The quantitative estimate of drug-likeness (QED) is 0.844. The molecule has 1 heterocycles. The van der Waals surface area contributed by atoms with Crippen molar-refractivity contribution in [3.63, 3.8) is 0 Å². The molecular formula is C12H25ClN4O2S. The molecule has 20 heavy (non-hydrogen) atoms. The Morgan fingerprint density at radius 3 is 2.30 bits per heavy atom. The van der Waals surface area contributed by atoms with Crippen LogP contribution in [0.3, 0.4) is 0 Å². The van der Waals surface area contributed by atoms with Crippen LogP contribution >= 0.6 is 12.4 Å². The van der Waals surface area contributed by atoms with Crippen LogP contribution in [-0.2, 0) is 29.9 Å². The van der Waals surface area contributed by atoms with Gasteiger partial charge in [-0.1, -0.05) is 13.8 Å². The number of halogens is 1. The van der Waals surface area contributed by atoms with Crippen molar-refractivity contribution >= 4 is 22.4 Å². The van der Waals surface area contributed by atoms with Gasteiger partial charge < -0.3 is 5.73 Å². The monoisotopic (exact) mass is 324 g/mol. The van der Waals surface area contributed by atoms with E-state index in [2.05, 4.69) is 5.10 Å². The van der Waals surface area contributed by atoms with E-state index in [1.54, 1.807) is 25.7 Å². The van der Waals surface area contributed by atoms with Crippen LogP contribution in [0.1, 0.15) is 32.2 Å². The molecule has 1 aromatic heterocycles. The fourth-order valence-electron chi connectivity index (χ4n) is 2.05. The minimum Gasteiger partial charge on any atom is -0.329 e. The first kappa shape index (κ1) is 19.4. The van der Waals surface area contributed by atoms with Crippen molar-refractivity contribution in [3.8, 4) is 0 Å². The van der Waals surface area contributed by atoms with Crippen molar-refractivity contribution in [2.75, 3.05) is 13.6 Å². The average molecular weight is 325 g/mol. The summed E-state index contributed by atoms with van der Waals surface area (Å²) in [5, 5.41) is 4.31. The second-order valence-electron chi connectivity index (χ2n) is 4.66. The summed E-state index contributed by atoms with van der Waals surface area (Å²) in [7, 11) is -0.196. The lowest BCUT2D eigenvalue weighted by atomic mass is 10.2. The Hall–Kier alpha value is -0.630. The first-order valence-corrected chi connectivity index (χ1v) is 7.98. The van der Waals surface area contributed by atoms with Gasteiger partial charge >= 0.3 is 0 Å². The van der Waals surface area contributed by atoms with E-state index in [0.717, 1.165) is 5.69 Å². The van der Waals surface area contributed by atoms with E-state index in [1.165, 1.54) is 4.31 Å². The summed E-state index contributed by atoms with van der Waals surface area (Å²) >= 11 is 0. The Labute approximate surface area is 127 Å². The molecule has 0 aliphatic heterocycles. The molecule has 0 aliphatic rings. The van der Waals surface area contributed by atoms with Gasteiger partial charge in [0.1, 0.15) is 4.90 Å². The number of likely N-dealkylation sites (N-methyl/N-ethyl adjacent to an activating group) is 1. The van der Waals surface area contributed by atoms with Gasteiger partial charge in [-0.25, -0.2) is 8.42 Å². The van der Waals surface area contributed by atoms with Crippen LogP contribution in [0.4, 0.5) is 0 Å².